The lowest BCUT2D eigenvalue weighted by Crippen LogP contribution is -2.27. The number of nitrogen functional groups attached to an aromatic ring is 1. The number of nitrogens with two attached hydrogens (primary N) is 1. The summed E-state index contributed by atoms with van der Waals surface area (Å²) in [5, 5.41) is 9.35. The summed E-state index contributed by atoms with van der Waals surface area (Å²) >= 11 is 0. The van der Waals surface area contributed by atoms with Crippen LogP contribution < -0.4 is 10.5 Å². The molecule has 4 N–H and O–H groups in total. The molecule has 0 radical (unpaired) electrons. The van der Waals surface area contributed by atoms with Gasteiger partial charge in [-0.05, 0) is 43.5 Å². The highest BCUT2D eigenvalue weighted by Gasteiger charge is 2.14. The molecular weight excluding hydrogens is 252 g/mol. The highest BCUT2D eigenvalue weighted by molar-refractivity contribution is 7.89. The third-order valence-corrected chi connectivity index (χ3v) is 4.25. The van der Waals surface area contributed by atoms with E-state index in [-0.39, 0.29) is 11.4 Å². The van der Waals surface area contributed by atoms with Gasteiger partial charge in [0.25, 0.3) is 0 Å². The number of hydrogen-bond donors (Lipinski definition) is 3. The predicted octanol–water partition coefficient (Wildman–Crippen LogP) is 1.02. The van der Waals surface area contributed by atoms with Crippen LogP contribution in [0.25, 0.3) is 0 Å². The number of rotatable bonds is 6. The van der Waals surface area contributed by atoms with E-state index in [1.54, 1.807) is 13.0 Å². The van der Waals surface area contributed by atoms with Crippen LogP contribution in [0.3, 0.4) is 0 Å². The van der Waals surface area contributed by atoms with Gasteiger partial charge in [-0.25, -0.2) is 13.1 Å². The lowest BCUT2D eigenvalue weighted by atomic mass is 10.2. The van der Waals surface area contributed by atoms with Crippen LogP contribution in [0.5, 0.6) is 0 Å². The molecule has 0 aliphatic rings. The molecule has 18 heavy (non-hydrogen) atoms. The first-order valence-corrected chi connectivity index (χ1v) is 7.39. The Morgan fingerprint density at radius 3 is 2.67 bits per heavy atom. The Morgan fingerprint density at radius 2 is 2.11 bits per heavy atom. The Morgan fingerprint density at radius 1 is 1.44 bits per heavy atom. The van der Waals surface area contributed by atoms with Crippen LogP contribution in [-0.2, 0) is 10.0 Å². The van der Waals surface area contributed by atoms with Crippen molar-refractivity contribution in [2.24, 2.45) is 0 Å². The maximum Gasteiger partial charge on any atom is 0.240 e. The number of aliphatic hydroxyl groups excluding tert-OH is 1. The highest BCUT2D eigenvalue weighted by Crippen LogP contribution is 2.16. The number of sulfonamides is 1. The van der Waals surface area contributed by atoms with Crippen LogP contribution in [0.2, 0.25) is 0 Å². The summed E-state index contributed by atoms with van der Waals surface area (Å²) in [6, 6.07) is 4.58. The summed E-state index contributed by atoms with van der Waals surface area (Å²) in [5.41, 5.74) is 6.93. The zero-order chi connectivity index (χ0) is 13.8. The van der Waals surface area contributed by atoms with Crippen LogP contribution in [0, 0.1) is 6.92 Å². The van der Waals surface area contributed by atoms with Gasteiger partial charge < -0.3 is 10.8 Å². The maximum absolute atomic E-state index is 11.9. The van der Waals surface area contributed by atoms with Crippen LogP contribution in [-0.4, -0.2) is 26.2 Å². The minimum absolute atomic E-state index is 0.195. The van der Waals surface area contributed by atoms with Crippen molar-refractivity contribution in [3.8, 4) is 0 Å². The fraction of sp³-hybridized carbons (Fsp3) is 0.500. The van der Waals surface area contributed by atoms with E-state index in [9.17, 15) is 13.5 Å². The molecule has 0 bridgehead atoms. The van der Waals surface area contributed by atoms with Crippen molar-refractivity contribution in [2.45, 2.75) is 37.7 Å². The van der Waals surface area contributed by atoms with Crippen molar-refractivity contribution >= 4 is 15.7 Å². The topological polar surface area (TPSA) is 92.4 Å². The summed E-state index contributed by atoms with van der Waals surface area (Å²) in [4.78, 5) is 0.195. The molecule has 0 aromatic heterocycles. The normalized spacial score (nSPS) is 13.5. The van der Waals surface area contributed by atoms with Crippen molar-refractivity contribution in [3.63, 3.8) is 0 Å². The molecule has 102 valence electrons. The average Bonchev–Trinajstić information content (AvgIpc) is 2.32. The van der Waals surface area contributed by atoms with Crippen LogP contribution in [0.15, 0.2) is 23.1 Å². The predicted molar refractivity (Wildman–Crippen MR) is 71.7 cm³/mol. The second-order valence-corrected chi connectivity index (χ2v) is 6.03. The first-order valence-electron chi connectivity index (χ1n) is 5.90. The highest BCUT2D eigenvalue weighted by atomic mass is 32.2. The second-order valence-electron chi connectivity index (χ2n) is 4.27. The van der Waals surface area contributed by atoms with Gasteiger partial charge in [-0.15, -0.1) is 0 Å². The molecule has 0 saturated heterocycles. The van der Waals surface area contributed by atoms with E-state index in [0.717, 1.165) is 5.56 Å². The number of benzene rings is 1. The van der Waals surface area contributed by atoms with Gasteiger partial charge in [0.1, 0.15) is 0 Å². The molecule has 1 unspecified atom stereocenters. The van der Waals surface area contributed by atoms with E-state index in [2.05, 4.69) is 4.72 Å². The second kappa shape index (κ2) is 6.17. The molecule has 0 fully saturated rings. The van der Waals surface area contributed by atoms with Gasteiger partial charge in [0.15, 0.2) is 0 Å². The zero-order valence-electron chi connectivity index (χ0n) is 10.7. The Balaban J connectivity index is 2.71. The van der Waals surface area contributed by atoms with Gasteiger partial charge >= 0.3 is 0 Å². The molecular formula is C12H20N2O3S. The maximum atomic E-state index is 11.9. The lowest BCUT2D eigenvalue weighted by Gasteiger charge is -2.10. The number of nitrogens with one attached hydrogen (secondary N) is 1. The molecule has 1 aromatic rings. The summed E-state index contributed by atoms with van der Waals surface area (Å²) in [6.45, 7) is 3.83. The van der Waals surface area contributed by atoms with E-state index >= 15 is 0 Å². The van der Waals surface area contributed by atoms with Gasteiger partial charge in [-0.3, -0.25) is 0 Å². The van der Waals surface area contributed by atoms with Crippen molar-refractivity contribution in [2.75, 3.05) is 12.3 Å². The van der Waals surface area contributed by atoms with Crippen molar-refractivity contribution in [1.29, 1.82) is 0 Å². The van der Waals surface area contributed by atoms with Gasteiger partial charge in [-0.2, -0.15) is 0 Å². The molecule has 1 rings (SSSR count). The summed E-state index contributed by atoms with van der Waals surface area (Å²) in [7, 11) is -3.52. The molecule has 0 aliphatic heterocycles. The number of aliphatic hydroxyl groups is 1. The van der Waals surface area contributed by atoms with Crippen LogP contribution in [0.1, 0.15) is 25.3 Å². The number of hydrogen-bond acceptors (Lipinski definition) is 4. The van der Waals surface area contributed by atoms with Crippen molar-refractivity contribution < 1.29 is 13.5 Å². The molecule has 0 aliphatic carbocycles. The smallest absolute Gasteiger partial charge is 0.240 e. The first-order chi connectivity index (χ1) is 8.36. The molecule has 0 spiro atoms. The van der Waals surface area contributed by atoms with Gasteiger partial charge in [0.2, 0.25) is 10.0 Å². The first kappa shape index (κ1) is 14.9. The standard InChI is InChI=1S/C12H20N2O3S/c1-3-10(15)6-7-14-18(16,17)11-4-5-12(13)9(2)8-11/h4-5,8,10,14-15H,3,6-7,13H2,1-2H3. The fourth-order valence-corrected chi connectivity index (χ4v) is 2.60. The Kier molecular flexibility index (Phi) is 5.13. The third kappa shape index (κ3) is 3.97. The number of anilines is 1. The zero-order valence-corrected chi connectivity index (χ0v) is 11.5. The monoisotopic (exact) mass is 272 g/mol. The van der Waals surface area contributed by atoms with Crippen LogP contribution in [0.4, 0.5) is 5.69 Å². The average molecular weight is 272 g/mol. The van der Waals surface area contributed by atoms with E-state index in [1.807, 2.05) is 6.92 Å². The Hall–Kier alpha value is -1.11. The van der Waals surface area contributed by atoms with Gasteiger partial charge in [0.05, 0.1) is 11.0 Å². The molecule has 1 aromatic carbocycles. The molecule has 5 nitrogen and oxygen atoms in total. The van der Waals surface area contributed by atoms with E-state index in [1.165, 1.54) is 12.1 Å². The SMILES string of the molecule is CCC(O)CCNS(=O)(=O)c1ccc(N)c(C)c1. The summed E-state index contributed by atoms with van der Waals surface area (Å²) < 4.78 is 26.3. The van der Waals surface area contributed by atoms with E-state index in [4.69, 9.17) is 5.73 Å². The summed E-state index contributed by atoms with van der Waals surface area (Å²) in [6.07, 6.45) is 0.549. The quantitative estimate of drug-likeness (QED) is 0.674. The van der Waals surface area contributed by atoms with E-state index in [0.29, 0.717) is 18.5 Å². The molecule has 0 saturated carbocycles. The summed E-state index contributed by atoms with van der Waals surface area (Å²) in [5.74, 6) is 0. The molecule has 1 atom stereocenters. The van der Waals surface area contributed by atoms with Gasteiger partial charge in [-0.1, -0.05) is 6.92 Å². The van der Waals surface area contributed by atoms with Gasteiger partial charge in [0, 0.05) is 12.2 Å². The van der Waals surface area contributed by atoms with Crippen molar-refractivity contribution in [1.82, 2.24) is 4.72 Å². The minimum atomic E-state index is -3.52. The fourth-order valence-electron chi connectivity index (χ4n) is 1.46. The Bertz CT molecular complexity index is 500. The lowest BCUT2D eigenvalue weighted by molar-refractivity contribution is 0.162. The largest absolute Gasteiger partial charge is 0.399 e. The number of aryl methyl sites for hydroxylation is 1. The van der Waals surface area contributed by atoms with Crippen LogP contribution >= 0.6 is 0 Å². The van der Waals surface area contributed by atoms with Crippen molar-refractivity contribution in [3.05, 3.63) is 23.8 Å². The molecule has 0 amide bonds. The molecule has 6 heteroatoms. The minimum Gasteiger partial charge on any atom is -0.399 e. The third-order valence-electron chi connectivity index (χ3n) is 2.79. The van der Waals surface area contributed by atoms with E-state index < -0.39 is 16.1 Å². The molecule has 0 heterocycles. The Labute approximate surface area is 108 Å².